The van der Waals surface area contributed by atoms with Gasteiger partial charge in [0.1, 0.15) is 17.5 Å². The van der Waals surface area contributed by atoms with Crippen molar-refractivity contribution in [2.24, 2.45) is 7.05 Å². The summed E-state index contributed by atoms with van der Waals surface area (Å²) in [6.45, 7) is 6.23. The Morgan fingerprint density at radius 3 is 2.67 bits per heavy atom. The van der Waals surface area contributed by atoms with Crippen LogP contribution in [0.2, 0.25) is 0 Å². The molecule has 0 bridgehead atoms. The molecule has 0 fully saturated rings. The van der Waals surface area contributed by atoms with Crippen LogP contribution in [0.25, 0.3) is 22.4 Å². The molecule has 3 rings (SSSR count). The van der Waals surface area contributed by atoms with Gasteiger partial charge in [0.25, 0.3) is 0 Å². The fourth-order valence-electron chi connectivity index (χ4n) is 2.72. The monoisotopic (exact) mass is 319 g/mol. The lowest BCUT2D eigenvalue weighted by Gasteiger charge is -2.12. The summed E-state index contributed by atoms with van der Waals surface area (Å²) in [6, 6.07) is 2.16. The summed E-state index contributed by atoms with van der Waals surface area (Å²) in [7, 11) is 1.84. The molecule has 0 spiro atoms. The minimum absolute atomic E-state index is 0.202. The molecule has 2 N–H and O–H groups in total. The van der Waals surface area contributed by atoms with Crippen LogP contribution in [0.1, 0.15) is 11.1 Å². The highest BCUT2D eigenvalue weighted by Crippen LogP contribution is 2.35. The molecule has 7 heteroatoms. The third-order valence-electron chi connectivity index (χ3n) is 3.80. The minimum Gasteiger partial charge on any atom is -0.383 e. The predicted octanol–water partition coefficient (Wildman–Crippen LogP) is 2.29. The highest BCUT2D eigenvalue weighted by molar-refractivity contribution is 5.83. The van der Waals surface area contributed by atoms with Gasteiger partial charge < -0.3 is 5.73 Å². The van der Waals surface area contributed by atoms with Gasteiger partial charge in [-0.05, 0) is 12.5 Å². The molecule has 0 saturated heterocycles. The summed E-state index contributed by atoms with van der Waals surface area (Å²) in [5.74, 6) is 0.202. The Balaban J connectivity index is 2.24. The Kier molecular flexibility index (Phi) is 3.88. The van der Waals surface area contributed by atoms with Crippen molar-refractivity contribution in [2.75, 3.05) is 5.73 Å². The van der Waals surface area contributed by atoms with Crippen molar-refractivity contribution >= 4 is 5.82 Å². The topological polar surface area (TPSA) is 98.3 Å². The lowest BCUT2D eigenvalue weighted by molar-refractivity contribution is 0.703. The summed E-state index contributed by atoms with van der Waals surface area (Å²) in [4.78, 5) is 4.41. The van der Waals surface area contributed by atoms with E-state index in [-0.39, 0.29) is 5.82 Å². The van der Waals surface area contributed by atoms with Crippen molar-refractivity contribution in [1.29, 1.82) is 5.26 Å². The van der Waals surface area contributed by atoms with Gasteiger partial charge in [-0.15, -0.1) is 6.58 Å². The number of aryl methyl sites for hydroxylation is 1. The van der Waals surface area contributed by atoms with Crippen LogP contribution < -0.4 is 5.73 Å². The fourth-order valence-corrected chi connectivity index (χ4v) is 2.72. The van der Waals surface area contributed by atoms with E-state index in [1.54, 1.807) is 27.8 Å². The Morgan fingerprint density at radius 2 is 2.04 bits per heavy atom. The van der Waals surface area contributed by atoms with E-state index < -0.39 is 0 Å². The van der Waals surface area contributed by atoms with Gasteiger partial charge in [0.2, 0.25) is 0 Å². The molecule has 120 valence electrons. The molecule has 24 heavy (non-hydrogen) atoms. The zero-order chi connectivity index (χ0) is 17.3. The van der Waals surface area contributed by atoms with Crippen LogP contribution in [0, 0.1) is 18.3 Å². The zero-order valence-electron chi connectivity index (χ0n) is 13.6. The Bertz CT molecular complexity index is 956. The van der Waals surface area contributed by atoms with E-state index in [9.17, 15) is 5.26 Å². The predicted molar refractivity (Wildman–Crippen MR) is 91.7 cm³/mol. The maximum atomic E-state index is 9.53. The summed E-state index contributed by atoms with van der Waals surface area (Å²) in [6.07, 6.45) is 8.95. The Morgan fingerprint density at radius 1 is 1.29 bits per heavy atom. The lowest BCUT2D eigenvalue weighted by Crippen LogP contribution is -2.03. The van der Waals surface area contributed by atoms with E-state index in [0.717, 1.165) is 22.3 Å². The van der Waals surface area contributed by atoms with Gasteiger partial charge in [-0.3, -0.25) is 9.36 Å². The average Bonchev–Trinajstić information content (AvgIpc) is 3.18. The van der Waals surface area contributed by atoms with Crippen LogP contribution in [0.5, 0.6) is 0 Å². The zero-order valence-corrected chi connectivity index (χ0v) is 13.6. The first-order chi connectivity index (χ1) is 11.5. The fraction of sp³-hybridized carbons (Fsp3) is 0.176. The van der Waals surface area contributed by atoms with Gasteiger partial charge in [0, 0.05) is 36.1 Å². The van der Waals surface area contributed by atoms with Gasteiger partial charge in [-0.2, -0.15) is 15.5 Å². The average molecular weight is 319 g/mol. The number of hydrogen-bond donors (Lipinski definition) is 1. The number of nitrogen functional groups attached to an aromatic ring is 1. The number of aromatic nitrogens is 5. The van der Waals surface area contributed by atoms with Gasteiger partial charge in [0.15, 0.2) is 0 Å². The molecule has 3 aromatic heterocycles. The first-order valence-electron chi connectivity index (χ1n) is 7.38. The van der Waals surface area contributed by atoms with Crippen molar-refractivity contribution < 1.29 is 0 Å². The molecule has 0 unspecified atom stereocenters. The number of nitrogens with two attached hydrogens (primary N) is 1. The largest absolute Gasteiger partial charge is 0.383 e. The maximum absolute atomic E-state index is 9.53. The van der Waals surface area contributed by atoms with Gasteiger partial charge in [-0.1, -0.05) is 6.08 Å². The second kappa shape index (κ2) is 6.01. The highest BCUT2D eigenvalue weighted by atomic mass is 15.3. The van der Waals surface area contributed by atoms with E-state index in [1.807, 2.05) is 26.4 Å². The second-order valence-electron chi connectivity index (χ2n) is 5.47. The van der Waals surface area contributed by atoms with Gasteiger partial charge in [0.05, 0.1) is 24.6 Å². The van der Waals surface area contributed by atoms with Crippen LogP contribution in [-0.4, -0.2) is 24.5 Å². The van der Waals surface area contributed by atoms with Crippen LogP contribution in [0.4, 0.5) is 5.82 Å². The quantitative estimate of drug-likeness (QED) is 0.744. The third-order valence-corrected chi connectivity index (χ3v) is 3.80. The summed E-state index contributed by atoms with van der Waals surface area (Å²) >= 11 is 0. The molecular formula is C17H17N7. The molecule has 3 heterocycles. The molecular weight excluding hydrogens is 302 g/mol. The van der Waals surface area contributed by atoms with E-state index in [0.29, 0.717) is 17.8 Å². The smallest absolute Gasteiger partial charge is 0.142 e. The molecule has 0 amide bonds. The summed E-state index contributed by atoms with van der Waals surface area (Å²) in [5, 5.41) is 18.0. The number of anilines is 1. The molecule has 0 atom stereocenters. The van der Waals surface area contributed by atoms with Crippen LogP contribution in [0.3, 0.4) is 0 Å². The Hall–Kier alpha value is -3.40. The molecule has 0 aromatic carbocycles. The molecule has 3 aromatic rings. The molecule has 0 radical (unpaired) electrons. The molecule has 0 saturated carbocycles. The lowest BCUT2D eigenvalue weighted by atomic mass is 9.95. The molecule has 7 nitrogen and oxygen atoms in total. The van der Waals surface area contributed by atoms with Gasteiger partial charge in [-0.25, -0.2) is 4.98 Å². The number of allylic oxidation sites excluding steroid dienone is 1. The first kappa shape index (κ1) is 15.5. The number of hydrogen-bond acceptors (Lipinski definition) is 5. The number of nitrogens with zero attached hydrogens (tertiary/aromatic N) is 6. The standard InChI is InChI=1S/C17H17N7/c1-4-5-24-10-12(7-21-24)15-11(2)16(13-8-20-23(3)9-13)22-17(19)14(15)6-18/h4,7-10H,1,5H2,2-3H3,(H2,19,22). The van der Waals surface area contributed by atoms with Crippen LogP contribution in [0.15, 0.2) is 37.4 Å². The molecule has 0 aliphatic heterocycles. The van der Waals surface area contributed by atoms with Crippen molar-refractivity contribution in [1.82, 2.24) is 24.5 Å². The normalized spacial score (nSPS) is 10.5. The van der Waals surface area contributed by atoms with Gasteiger partial charge >= 0.3 is 0 Å². The van der Waals surface area contributed by atoms with E-state index in [1.165, 1.54) is 0 Å². The third kappa shape index (κ3) is 2.54. The van der Waals surface area contributed by atoms with E-state index in [2.05, 4.69) is 27.8 Å². The number of rotatable bonds is 4. The molecule has 0 aliphatic carbocycles. The summed E-state index contributed by atoms with van der Waals surface area (Å²) < 4.78 is 3.45. The molecule has 0 aliphatic rings. The van der Waals surface area contributed by atoms with Crippen molar-refractivity contribution in [2.45, 2.75) is 13.5 Å². The van der Waals surface area contributed by atoms with E-state index in [4.69, 9.17) is 5.73 Å². The number of nitriles is 1. The Labute approximate surface area is 139 Å². The maximum Gasteiger partial charge on any atom is 0.142 e. The van der Waals surface area contributed by atoms with E-state index >= 15 is 0 Å². The first-order valence-corrected chi connectivity index (χ1v) is 7.38. The van der Waals surface area contributed by atoms with Crippen molar-refractivity contribution in [3.63, 3.8) is 0 Å². The van der Waals surface area contributed by atoms with Crippen molar-refractivity contribution in [3.05, 3.63) is 48.6 Å². The van der Waals surface area contributed by atoms with Crippen LogP contribution in [-0.2, 0) is 13.6 Å². The SMILES string of the molecule is C=CCn1cc(-c2c(C)c(-c3cnn(C)c3)nc(N)c2C#N)cn1. The minimum atomic E-state index is 0.202. The van der Waals surface area contributed by atoms with Crippen molar-refractivity contribution in [3.8, 4) is 28.5 Å². The second-order valence-corrected chi connectivity index (χ2v) is 5.47. The summed E-state index contributed by atoms with van der Waals surface area (Å²) in [5.41, 5.74) is 10.4. The van der Waals surface area contributed by atoms with Crippen LogP contribution >= 0.6 is 0 Å². The highest BCUT2D eigenvalue weighted by Gasteiger charge is 2.20. The number of pyridine rings is 1.